The maximum absolute atomic E-state index is 13.3. The van der Waals surface area contributed by atoms with Crippen molar-refractivity contribution in [1.82, 2.24) is 4.98 Å². The molecule has 0 radical (unpaired) electrons. The van der Waals surface area contributed by atoms with Crippen LogP contribution in [0.5, 0.6) is 0 Å². The maximum Gasteiger partial charge on any atom is 0.270 e. The summed E-state index contributed by atoms with van der Waals surface area (Å²) in [4.78, 5) is 22.2. The van der Waals surface area contributed by atoms with Gasteiger partial charge >= 0.3 is 0 Å². The number of halogens is 2. The van der Waals surface area contributed by atoms with Crippen molar-refractivity contribution in [2.75, 3.05) is 11.4 Å². The van der Waals surface area contributed by atoms with E-state index in [0.717, 1.165) is 0 Å². The Morgan fingerprint density at radius 2 is 2.21 bits per heavy atom. The van der Waals surface area contributed by atoms with E-state index in [1.165, 1.54) is 17.2 Å². The van der Waals surface area contributed by atoms with Crippen LogP contribution in [0.2, 0.25) is 5.02 Å². The highest BCUT2D eigenvalue weighted by molar-refractivity contribution is 6.33. The topological polar surface area (TPSA) is 112 Å². The fourth-order valence-corrected chi connectivity index (χ4v) is 3.11. The van der Waals surface area contributed by atoms with Crippen molar-refractivity contribution in [1.29, 1.82) is 0 Å². The number of carbonyl (C=O) groups is 1. The van der Waals surface area contributed by atoms with Crippen molar-refractivity contribution in [2.45, 2.75) is 51.9 Å². The summed E-state index contributed by atoms with van der Waals surface area (Å²) in [7, 11) is 0. The summed E-state index contributed by atoms with van der Waals surface area (Å²) in [5.74, 6) is -0.987. The van der Waals surface area contributed by atoms with E-state index < -0.39 is 35.4 Å². The number of aromatic nitrogens is 1. The molecular weight excluding hydrogens is 387 g/mol. The van der Waals surface area contributed by atoms with E-state index in [1.54, 1.807) is 0 Å². The molecule has 1 aromatic rings. The Morgan fingerprint density at radius 1 is 1.57 bits per heavy atom. The van der Waals surface area contributed by atoms with Gasteiger partial charge < -0.3 is 20.8 Å². The number of aliphatic hydroxyl groups is 2. The molecule has 2 heterocycles. The molecule has 0 aromatic carbocycles. The minimum atomic E-state index is -0.815. The molecule has 1 saturated heterocycles. The van der Waals surface area contributed by atoms with E-state index in [0.29, 0.717) is 0 Å². The molecular formula is C19H26ClFN4O3. The van der Waals surface area contributed by atoms with Crippen molar-refractivity contribution in [3.05, 3.63) is 29.4 Å². The zero-order valence-corrected chi connectivity index (χ0v) is 16.9. The van der Waals surface area contributed by atoms with Gasteiger partial charge in [-0.1, -0.05) is 39.0 Å². The van der Waals surface area contributed by atoms with Crippen molar-refractivity contribution < 1.29 is 19.4 Å². The monoisotopic (exact) mass is 412 g/mol. The summed E-state index contributed by atoms with van der Waals surface area (Å²) < 4.78 is 13.3. The lowest BCUT2D eigenvalue weighted by Crippen LogP contribution is -2.38. The van der Waals surface area contributed by atoms with Gasteiger partial charge in [0.05, 0.1) is 17.2 Å². The number of rotatable bonds is 5. The molecule has 0 saturated carbocycles. The lowest BCUT2D eigenvalue weighted by molar-refractivity contribution is -0.119. The first-order valence-corrected chi connectivity index (χ1v) is 9.28. The summed E-state index contributed by atoms with van der Waals surface area (Å²) in [6.45, 7) is 8.88. The number of pyridine rings is 1. The van der Waals surface area contributed by atoms with E-state index in [-0.39, 0.29) is 41.6 Å². The number of β-amino-alcohol motifs (C(OH)–C–C–N with tert-alkyl or cyclic N) is 1. The van der Waals surface area contributed by atoms with Crippen molar-refractivity contribution in [2.24, 2.45) is 16.1 Å². The third kappa shape index (κ3) is 5.27. The third-order valence-corrected chi connectivity index (χ3v) is 4.91. The Morgan fingerprint density at radius 3 is 2.75 bits per heavy atom. The van der Waals surface area contributed by atoms with Crippen molar-refractivity contribution in [3.63, 3.8) is 0 Å². The number of nitrogens with two attached hydrogens (primary N) is 1. The molecule has 0 spiro atoms. The number of aliphatic imine (C=N–C) groups is 1. The van der Waals surface area contributed by atoms with Gasteiger partial charge in [-0.25, -0.2) is 9.37 Å². The number of amidine groups is 1. The van der Waals surface area contributed by atoms with Crippen LogP contribution in [0.25, 0.3) is 5.83 Å². The highest BCUT2D eigenvalue weighted by Crippen LogP contribution is 2.32. The first-order valence-electron chi connectivity index (χ1n) is 8.90. The van der Waals surface area contributed by atoms with Crippen LogP contribution in [-0.4, -0.2) is 51.7 Å². The predicted molar refractivity (Wildman–Crippen MR) is 108 cm³/mol. The molecule has 1 fully saturated rings. The summed E-state index contributed by atoms with van der Waals surface area (Å²) >= 11 is 6.20. The number of nitrogens with zero attached hydrogens (tertiary/aromatic N) is 3. The van der Waals surface area contributed by atoms with Gasteiger partial charge in [0.1, 0.15) is 23.5 Å². The van der Waals surface area contributed by atoms with Crippen LogP contribution in [0, 0.1) is 5.41 Å². The minimum absolute atomic E-state index is 0.0110. The van der Waals surface area contributed by atoms with Gasteiger partial charge in [-0.3, -0.25) is 4.79 Å². The number of aliphatic hydroxyl groups excluding tert-OH is 2. The molecule has 1 aliphatic rings. The van der Waals surface area contributed by atoms with Crippen LogP contribution >= 0.6 is 11.6 Å². The van der Waals surface area contributed by atoms with E-state index in [1.807, 2.05) is 20.8 Å². The molecule has 1 aliphatic heterocycles. The first kappa shape index (κ1) is 22.3. The number of hydrogen-bond acceptors (Lipinski definition) is 5. The standard InChI is InChI=1S/C19H26ClFN4O3/c1-10(21)11-5-13(20)17(23-8-11)25-9-12(26)6-14(25)18(28)24-16(22)7-15(27)19(2,3)4/h5,8,12,14-15,26-27H,1,6-7,9H2,2-4H3,(H2,22,24,28). The Hall–Kier alpha value is -2.03. The molecule has 28 heavy (non-hydrogen) atoms. The smallest absolute Gasteiger partial charge is 0.270 e. The third-order valence-electron chi connectivity index (χ3n) is 4.63. The number of anilines is 1. The fourth-order valence-electron chi connectivity index (χ4n) is 2.84. The molecule has 0 bridgehead atoms. The molecule has 3 unspecified atom stereocenters. The summed E-state index contributed by atoms with van der Waals surface area (Å²) in [6.07, 6.45) is -0.0947. The normalized spacial score (nSPS) is 21.7. The van der Waals surface area contributed by atoms with Crippen molar-refractivity contribution >= 4 is 35.0 Å². The largest absolute Gasteiger partial charge is 0.392 e. The van der Waals surface area contributed by atoms with E-state index in [9.17, 15) is 19.4 Å². The molecule has 4 N–H and O–H groups in total. The fraction of sp³-hybridized carbons (Fsp3) is 0.526. The maximum atomic E-state index is 13.3. The average Bonchev–Trinajstić information content (AvgIpc) is 2.95. The average molecular weight is 413 g/mol. The highest BCUT2D eigenvalue weighted by Gasteiger charge is 2.38. The Balaban J connectivity index is 2.23. The van der Waals surface area contributed by atoms with Gasteiger partial charge in [-0.15, -0.1) is 0 Å². The molecule has 154 valence electrons. The summed E-state index contributed by atoms with van der Waals surface area (Å²) in [5.41, 5.74) is 5.57. The van der Waals surface area contributed by atoms with Gasteiger partial charge in [0.25, 0.3) is 5.91 Å². The van der Waals surface area contributed by atoms with Crippen LogP contribution in [0.15, 0.2) is 23.8 Å². The molecule has 9 heteroatoms. The Bertz CT molecular complexity index is 794. The van der Waals surface area contributed by atoms with Crippen LogP contribution in [0.3, 0.4) is 0 Å². The zero-order valence-electron chi connectivity index (χ0n) is 16.2. The second-order valence-electron chi connectivity index (χ2n) is 8.02. The van der Waals surface area contributed by atoms with Crippen LogP contribution in [0.4, 0.5) is 10.2 Å². The van der Waals surface area contributed by atoms with E-state index >= 15 is 0 Å². The van der Waals surface area contributed by atoms with Gasteiger partial charge in [-0.05, 0) is 11.5 Å². The summed E-state index contributed by atoms with van der Waals surface area (Å²) in [5, 5.41) is 20.3. The van der Waals surface area contributed by atoms with E-state index in [4.69, 9.17) is 17.3 Å². The lowest BCUT2D eigenvalue weighted by Gasteiger charge is -2.26. The number of hydrogen-bond donors (Lipinski definition) is 3. The van der Waals surface area contributed by atoms with Crippen molar-refractivity contribution in [3.8, 4) is 0 Å². The quantitative estimate of drug-likeness (QED) is 0.505. The Kier molecular flexibility index (Phi) is 6.80. The number of carbonyl (C=O) groups excluding carboxylic acids is 1. The molecule has 1 amide bonds. The zero-order chi connectivity index (χ0) is 21.2. The van der Waals surface area contributed by atoms with Gasteiger partial charge in [0.15, 0.2) is 0 Å². The predicted octanol–water partition coefficient (Wildman–Crippen LogP) is 2.30. The highest BCUT2D eigenvalue weighted by atomic mass is 35.5. The number of amides is 1. The summed E-state index contributed by atoms with van der Waals surface area (Å²) in [6, 6.07) is 0.542. The second kappa shape index (κ2) is 8.55. The van der Waals surface area contributed by atoms with Crippen LogP contribution in [0.1, 0.15) is 39.2 Å². The SMILES string of the molecule is C=C(F)c1cnc(N2CC(O)CC2C(=O)N=C(N)CC(O)C(C)(C)C)c(Cl)c1. The second-order valence-corrected chi connectivity index (χ2v) is 8.43. The molecule has 7 nitrogen and oxygen atoms in total. The molecule has 1 aromatic heterocycles. The minimum Gasteiger partial charge on any atom is -0.392 e. The van der Waals surface area contributed by atoms with Gasteiger partial charge in [0.2, 0.25) is 0 Å². The van der Waals surface area contributed by atoms with Crippen LogP contribution < -0.4 is 10.6 Å². The molecule has 0 aliphatic carbocycles. The lowest BCUT2D eigenvalue weighted by atomic mass is 9.87. The van der Waals surface area contributed by atoms with Gasteiger partial charge in [0, 0.05) is 31.1 Å². The van der Waals surface area contributed by atoms with Crippen LogP contribution in [-0.2, 0) is 4.79 Å². The molecule has 3 atom stereocenters. The molecule has 2 rings (SSSR count). The Labute approximate surface area is 168 Å². The van der Waals surface area contributed by atoms with E-state index in [2.05, 4.69) is 16.6 Å². The van der Waals surface area contributed by atoms with Gasteiger partial charge in [-0.2, -0.15) is 4.99 Å². The first-order chi connectivity index (χ1) is 12.9.